The van der Waals surface area contributed by atoms with Crippen LogP contribution in [0.1, 0.15) is 40.2 Å². The van der Waals surface area contributed by atoms with Gasteiger partial charge in [-0.2, -0.15) is 0 Å². The Morgan fingerprint density at radius 1 is 1.12 bits per heavy atom. The molecule has 0 fully saturated rings. The van der Waals surface area contributed by atoms with E-state index < -0.39 is 11.7 Å². The van der Waals surface area contributed by atoms with Crippen LogP contribution in [0.3, 0.4) is 0 Å². The first-order valence-electron chi connectivity index (χ1n) is 8.40. The lowest BCUT2D eigenvalue weighted by Crippen LogP contribution is -2.33. The van der Waals surface area contributed by atoms with Crippen LogP contribution >= 0.6 is 0 Å². The van der Waals surface area contributed by atoms with Gasteiger partial charge in [0, 0.05) is 6.54 Å². The van der Waals surface area contributed by atoms with Gasteiger partial charge in [0.2, 0.25) is 0 Å². The third-order valence-electron chi connectivity index (χ3n) is 3.35. The van der Waals surface area contributed by atoms with Gasteiger partial charge in [-0.25, -0.2) is 4.79 Å². The molecule has 2 aromatic rings. The molecule has 0 aromatic heterocycles. The van der Waals surface area contributed by atoms with E-state index in [-0.39, 0.29) is 6.10 Å². The molecule has 1 amide bonds. The first kappa shape index (κ1) is 18.1. The third kappa shape index (κ3) is 5.44. The number of nitrogens with one attached hydrogen (secondary N) is 1. The Kier molecular flexibility index (Phi) is 5.71. The van der Waals surface area contributed by atoms with Crippen molar-refractivity contribution < 1.29 is 14.3 Å². The molecule has 0 heterocycles. The molecule has 0 radical (unpaired) electrons. The molecule has 130 valence electrons. The summed E-state index contributed by atoms with van der Waals surface area (Å²) in [5, 5.41) is 5.12. The Labute approximate surface area is 144 Å². The highest BCUT2D eigenvalue weighted by Gasteiger charge is 2.16. The highest BCUT2D eigenvalue weighted by Crippen LogP contribution is 2.27. The van der Waals surface area contributed by atoms with Gasteiger partial charge in [0.25, 0.3) is 0 Å². The van der Waals surface area contributed by atoms with E-state index in [0.29, 0.717) is 13.0 Å². The Morgan fingerprint density at radius 2 is 1.75 bits per heavy atom. The van der Waals surface area contributed by atoms with Gasteiger partial charge in [0.15, 0.2) is 0 Å². The van der Waals surface area contributed by atoms with Crippen LogP contribution in [-0.4, -0.2) is 24.3 Å². The van der Waals surface area contributed by atoms with E-state index in [1.807, 2.05) is 46.8 Å². The number of ether oxygens (including phenoxy) is 2. The van der Waals surface area contributed by atoms with Crippen LogP contribution in [0.2, 0.25) is 0 Å². The lowest BCUT2D eigenvalue weighted by atomic mass is 10.0. The van der Waals surface area contributed by atoms with Crippen LogP contribution in [0.15, 0.2) is 36.4 Å². The molecule has 2 rings (SSSR count). The topological polar surface area (TPSA) is 47.6 Å². The fourth-order valence-electron chi connectivity index (χ4n) is 2.44. The maximum atomic E-state index is 11.8. The summed E-state index contributed by atoms with van der Waals surface area (Å²) in [4.78, 5) is 11.8. The summed E-state index contributed by atoms with van der Waals surface area (Å²) in [5.74, 6) is 0.870. The molecule has 0 unspecified atom stereocenters. The van der Waals surface area contributed by atoms with E-state index in [9.17, 15) is 4.79 Å². The van der Waals surface area contributed by atoms with Crippen molar-refractivity contribution in [2.45, 2.75) is 52.7 Å². The fourth-order valence-corrected chi connectivity index (χ4v) is 2.44. The first-order chi connectivity index (χ1) is 11.2. The standard InChI is InChI=1S/C20H27NO3/c1-14(2)23-18-13-16-9-7-6-8-15(16)12-17(18)10-11-21-19(22)24-20(3,4)5/h6-9,12-14H,10-11H2,1-5H3,(H,21,22). The summed E-state index contributed by atoms with van der Waals surface area (Å²) in [7, 11) is 0. The molecule has 2 aromatic carbocycles. The second kappa shape index (κ2) is 7.56. The lowest BCUT2D eigenvalue weighted by molar-refractivity contribution is 0.0528. The highest BCUT2D eigenvalue weighted by atomic mass is 16.6. The van der Waals surface area contributed by atoms with Crippen LogP contribution in [0.4, 0.5) is 4.79 Å². The Bertz CT molecular complexity index is 702. The minimum atomic E-state index is -0.487. The second-order valence-corrected chi connectivity index (χ2v) is 7.15. The number of carbonyl (C=O) groups excluding carboxylic acids is 1. The van der Waals surface area contributed by atoms with Crippen LogP contribution in [-0.2, 0) is 11.2 Å². The summed E-state index contributed by atoms with van der Waals surface area (Å²) in [6.07, 6.45) is 0.393. The van der Waals surface area contributed by atoms with E-state index in [4.69, 9.17) is 9.47 Å². The zero-order valence-electron chi connectivity index (χ0n) is 15.2. The number of hydrogen-bond donors (Lipinski definition) is 1. The average molecular weight is 329 g/mol. The van der Waals surface area contributed by atoms with Gasteiger partial charge in [-0.05, 0) is 69.5 Å². The van der Waals surface area contributed by atoms with Crippen molar-refractivity contribution in [2.75, 3.05) is 6.54 Å². The largest absolute Gasteiger partial charge is 0.491 e. The average Bonchev–Trinajstić information content (AvgIpc) is 2.45. The normalized spacial score (nSPS) is 11.6. The Balaban J connectivity index is 2.10. The fraction of sp³-hybridized carbons (Fsp3) is 0.450. The maximum absolute atomic E-state index is 11.8. The van der Waals surface area contributed by atoms with Crippen LogP contribution in [0.5, 0.6) is 5.75 Å². The van der Waals surface area contributed by atoms with Crippen molar-refractivity contribution in [1.82, 2.24) is 5.32 Å². The molecular formula is C20H27NO3. The van der Waals surface area contributed by atoms with Crippen molar-refractivity contribution in [3.8, 4) is 5.75 Å². The first-order valence-corrected chi connectivity index (χ1v) is 8.40. The third-order valence-corrected chi connectivity index (χ3v) is 3.35. The number of amides is 1. The molecule has 1 N–H and O–H groups in total. The molecule has 0 atom stereocenters. The number of alkyl carbamates (subject to hydrolysis) is 1. The van der Waals surface area contributed by atoms with Crippen LogP contribution < -0.4 is 10.1 Å². The predicted molar refractivity (Wildman–Crippen MR) is 97.7 cm³/mol. The molecule has 4 nitrogen and oxygen atoms in total. The SMILES string of the molecule is CC(C)Oc1cc2ccccc2cc1CCNC(=O)OC(C)(C)C. The summed E-state index contributed by atoms with van der Waals surface area (Å²) in [6.45, 7) is 10.1. The van der Waals surface area contributed by atoms with Crippen LogP contribution in [0, 0.1) is 0 Å². The lowest BCUT2D eigenvalue weighted by Gasteiger charge is -2.20. The van der Waals surface area contributed by atoms with Gasteiger partial charge in [-0.15, -0.1) is 0 Å². The maximum Gasteiger partial charge on any atom is 0.407 e. The molecule has 0 aliphatic carbocycles. The van der Waals surface area contributed by atoms with Gasteiger partial charge >= 0.3 is 6.09 Å². The second-order valence-electron chi connectivity index (χ2n) is 7.15. The quantitative estimate of drug-likeness (QED) is 0.865. The van der Waals surface area contributed by atoms with Crippen molar-refractivity contribution in [3.05, 3.63) is 42.0 Å². The minimum Gasteiger partial charge on any atom is -0.491 e. The highest BCUT2D eigenvalue weighted by molar-refractivity contribution is 5.85. The van der Waals surface area contributed by atoms with Crippen molar-refractivity contribution in [1.29, 1.82) is 0 Å². The zero-order chi connectivity index (χ0) is 17.7. The van der Waals surface area contributed by atoms with Crippen LogP contribution in [0.25, 0.3) is 10.8 Å². The monoisotopic (exact) mass is 329 g/mol. The number of hydrogen-bond acceptors (Lipinski definition) is 3. The summed E-state index contributed by atoms with van der Waals surface area (Å²) >= 11 is 0. The van der Waals surface area contributed by atoms with Crippen molar-refractivity contribution in [3.63, 3.8) is 0 Å². The number of fused-ring (bicyclic) bond motifs is 1. The van der Waals surface area contributed by atoms with E-state index >= 15 is 0 Å². The molecular weight excluding hydrogens is 302 g/mol. The van der Waals surface area contributed by atoms with Gasteiger partial charge in [-0.3, -0.25) is 0 Å². The molecule has 0 aliphatic heterocycles. The molecule has 0 spiro atoms. The molecule has 0 saturated carbocycles. The van der Waals surface area contributed by atoms with Crippen molar-refractivity contribution >= 4 is 16.9 Å². The number of benzene rings is 2. The molecule has 0 aliphatic rings. The number of rotatable bonds is 5. The summed E-state index contributed by atoms with van der Waals surface area (Å²) in [6, 6.07) is 12.4. The van der Waals surface area contributed by atoms with Gasteiger partial charge in [-0.1, -0.05) is 24.3 Å². The molecule has 0 bridgehead atoms. The number of carbonyl (C=O) groups is 1. The van der Waals surface area contributed by atoms with Gasteiger partial charge < -0.3 is 14.8 Å². The molecule has 4 heteroatoms. The van der Waals surface area contributed by atoms with Crippen molar-refractivity contribution in [2.24, 2.45) is 0 Å². The van der Waals surface area contributed by atoms with E-state index in [0.717, 1.165) is 16.7 Å². The van der Waals surface area contributed by atoms with Gasteiger partial charge in [0.05, 0.1) is 6.10 Å². The summed E-state index contributed by atoms with van der Waals surface area (Å²) in [5.41, 5.74) is 0.595. The van der Waals surface area contributed by atoms with Gasteiger partial charge in [0.1, 0.15) is 11.4 Å². The molecule has 24 heavy (non-hydrogen) atoms. The summed E-state index contributed by atoms with van der Waals surface area (Å²) < 4.78 is 11.2. The van der Waals surface area contributed by atoms with E-state index in [1.54, 1.807) is 0 Å². The zero-order valence-corrected chi connectivity index (χ0v) is 15.2. The Hall–Kier alpha value is -2.23. The van der Waals surface area contributed by atoms with E-state index in [1.165, 1.54) is 5.39 Å². The van der Waals surface area contributed by atoms with E-state index in [2.05, 4.69) is 29.6 Å². The molecule has 0 saturated heterocycles. The smallest absolute Gasteiger partial charge is 0.407 e. The minimum absolute atomic E-state index is 0.101. The predicted octanol–water partition coefficient (Wildman–Crippen LogP) is 4.69. The Morgan fingerprint density at radius 3 is 2.33 bits per heavy atom.